The molecule has 1 aromatic heterocycles. The van der Waals surface area contributed by atoms with Crippen LogP contribution in [0.5, 0.6) is 0 Å². The maximum absolute atomic E-state index is 12.3. The second-order valence-electron chi connectivity index (χ2n) is 6.46. The number of rotatable bonds is 3. The van der Waals surface area contributed by atoms with E-state index in [1.54, 1.807) is 36.5 Å². The van der Waals surface area contributed by atoms with E-state index in [4.69, 9.17) is 21.1 Å². The van der Waals surface area contributed by atoms with E-state index in [0.29, 0.717) is 29.5 Å². The second-order valence-corrected chi connectivity index (χ2v) is 6.90. The van der Waals surface area contributed by atoms with Crippen LogP contribution >= 0.6 is 11.6 Å². The zero-order valence-electron chi connectivity index (χ0n) is 14.3. The van der Waals surface area contributed by atoms with Crippen molar-refractivity contribution in [3.05, 3.63) is 53.2 Å². The first kappa shape index (κ1) is 17.3. The third-order valence-corrected chi connectivity index (χ3v) is 5.03. The van der Waals surface area contributed by atoms with Gasteiger partial charge in [-0.1, -0.05) is 11.6 Å². The number of hydrogen-bond donors (Lipinski definition) is 1. The highest BCUT2D eigenvalue weighted by Crippen LogP contribution is 2.32. The summed E-state index contributed by atoms with van der Waals surface area (Å²) in [5, 5.41) is 3.46. The summed E-state index contributed by atoms with van der Waals surface area (Å²) in [4.78, 5) is 19.0. The first-order valence-electron chi connectivity index (χ1n) is 8.69. The molecule has 7 heteroatoms. The van der Waals surface area contributed by atoms with Crippen LogP contribution in [0.1, 0.15) is 23.2 Å². The van der Waals surface area contributed by atoms with E-state index in [-0.39, 0.29) is 5.91 Å². The van der Waals surface area contributed by atoms with Crippen molar-refractivity contribution in [2.24, 2.45) is 0 Å². The fourth-order valence-corrected chi connectivity index (χ4v) is 3.43. The second kappa shape index (κ2) is 7.23. The average molecular weight is 374 g/mol. The Hall–Kier alpha value is -2.15. The molecule has 26 heavy (non-hydrogen) atoms. The predicted octanol–water partition coefficient (Wildman–Crippen LogP) is 3.33. The highest BCUT2D eigenvalue weighted by molar-refractivity contribution is 6.30. The highest BCUT2D eigenvalue weighted by atomic mass is 35.5. The number of nitrogens with one attached hydrogen (secondary N) is 1. The summed E-state index contributed by atoms with van der Waals surface area (Å²) in [6.07, 6.45) is 3.26. The molecule has 1 spiro atoms. The third kappa shape index (κ3) is 3.67. The van der Waals surface area contributed by atoms with Crippen molar-refractivity contribution in [3.8, 4) is 0 Å². The van der Waals surface area contributed by atoms with E-state index < -0.39 is 5.79 Å². The molecule has 2 aliphatic heterocycles. The molecule has 4 rings (SSSR count). The van der Waals surface area contributed by atoms with E-state index >= 15 is 0 Å². The van der Waals surface area contributed by atoms with Gasteiger partial charge in [-0.25, -0.2) is 4.98 Å². The topological polar surface area (TPSA) is 63.7 Å². The molecule has 0 saturated carbocycles. The van der Waals surface area contributed by atoms with E-state index in [9.17, 15) is 4.79 Å². The van der Waals surface area contributed by atoms with Crippen molar-refractivity contribution in [3.63, 3.8) is 0 Å². The van der Waals surface area contributed by atoms with Gasteiger partial charge >= 0.3 is 0 Å². The van der Waals surface area contributed by atoms with Crippen molar-refractivity contribution < 1.29 is 14.3 Å². The van der Waals surface area contributed by atoms with E-state index in [1.165, 1.54) is 0 Å². The molecule has 0 bridgehead atoms. The number of piperidine rings is 1. The summed E-state index contributed by atoms with van der Waals surface area (Å²) >= 11 is 5.85. The number of hydrogen-bond acceptors (Lipinski definition) is 5. The molecule has 6 nitrogen and oxygen atoms in total. The lowest BCUT2D eigenvalue weighted by molar-refractivity contribution is -0.169. The molecule has 0 atom stereocenters. The standard InChI is InChI=1S/C19H20ClN3O3/c20-15-2-4-16(5-3-15)22-18(24)14-1-6-17(21-13-14)23-9-7-19(8-10-23)25-11-12-26-19/h1-6,13H,7-12H2,(H,22,24). The third-order valence-electron chi connectivity index (χ3n) is 4.77. The maximum Gasteiger partial charge on any atom is 0.257 e. The van der Waals surface area contributed by atoms with Gasteiger partial charge in [-0.05, 0) is 36.4 Å². The summed E-state index contributed by atoms with van der Waals surface area (Å²) in [7, 11) is 0. The largest absolute Gasteiger partial charge is 0.356 e. The van der Waals surface area contributed by atoms with Gasteiger partial charge in [0.2, 0.25) is 0 Å². The van der Waals surface area contributed by atoms with Crippen LogP contribution in [0.3, 0.4) is 0 Å². The molecular weight excluding hydrogens is 354 g/mol. The van der Waals surface area contributed by atoms with Crippen LogP contribution in [0.2, 0.25) is 5.02 Å². The number of amides is 1. The predicted molar refractivity (Wildman–Crippen MR) is 99.7 cm³/mol. The van der Waals surface area contributed by atoms with Crippen molar-refractivity contribution in [2.75, 3.05) is 36.5 Å². The number of halogens is 1. The van der Waals surface area contributed by atoms with Gasteiger partial charge in [0.15, 0.2) is 5.79 Å². The van der Waals surface area contributed by atoms with Crippen molar-refractivity contribution in [1.82, 2.24) is 4.98 Å². The van der Waals surface area contributed by atoms with Crippen LogP contribution in [0, 0.1) is 0 Å². The van der Waals surface area contributed by atoms with Gasteiger partial charge < -0.3 is 19.7 Å². The molecule has 136 valence electrons. The lowest BCUT2D eigenvalue weighted by Gasteiger charge is -2.38. The Morgan fingerprint density at radius 1 is 1.08 bits per heavy atom. The minimum Gasteiger partial charge on any atom is -0.356 e. The molecule has 3 heterocycles. The number of carbonyl (C=O) groups is 1. The Kier molecular flexibility index (Phi) is 4.80. The van der Waals surface area contributed by atoms with Crippen molar-refractivity contribution in [2.45, 2.75) is 18.6 Å². The first-order chi connectivity index (χ1) is 12.6. The van der Waals surface area contributed by atoms with E-state index in [0.717, 1.165) is 31.7 Å². The minimum absolute atomic E-state index is 0.197. The smallest absolute Gasteiger partial charge is 0.257 e. The number of pyridine rings is 1. The van der Waals surface area contributed by atoms with Crippen LogP contribution in [-0.4, -0.2) is 43.0 Å². The Morgan fingerprint density at radius 2 is 1.77 bits per heavy atom. The number of aromatic nitrogens is 1. The Bertz CT molecular complexity index is 764. The van der Waals surface area contributed by atoms with Crippen LogP contribution in [0.15, 0.2) is 42.6 Å². The Morgan fingerprint density at radius 3 is 2.38 bits per heavy atom. The molecule has 1 aromatic carbocycles. The molecule has 2 saturated heterocycles. The fourth-order valence-electron chi connectivity index (χ4n) is 3.31. The minimum atomic E-state index is -0.394. The van der Waals surface area contributed by atoms with Gasteiger partial charge in [0.25, 0.3) is 5.91 Å². The molecule has 0 aliphatic carbocycles. The van der Waals surface area contributed by atoms with Crippen molar-refractivity contribution in [1.29, 1.82) is 0 Å². The van der Waals surface area contributed by atoms with Gasteiger partial charge in [-0.3, -0.25) is 4.79 Å². The first-order valence-corrected chi connectivity index (χ1v) is 9.07. The quantitative estimate of drug-likeness (QED) is 0.894. The van der Waals surface area contributed by atoms with Gasteiger partial charge in [-0.2, -0.15) is 0 Å². The van der Waals surface area contributed by atoms with Crippen LogP contribution in [0.4, 0.5) is 11.5 Å². The molecule has 2 aromatic rings. The lowest BCUT2D eigenvalue weighted by Crippen LogP contribution is -2.45. The Balaban J connectivity index is 1.37. The maximum atomic E-state index is 12.3. The SMILES string of the molecule is O=C(Nc1ccc(Cl)cc1)c1ccc(N2CCC3(CC2)OCCO3)nc1. The zero-order chi connectivity index (χ0) is 18.0. The summed E-state index contributed by atoms with van der Waals surface area (Å²) in [6, 6.07) is 10.7. The number of anilines is 2. The van der Waals surface area contributed by atoms with Crippen LogP contribution in [0.25, 0.3) is 0 Å². The molecule has 2 fully saturated rings. The molecule has 1 N–H and O–H groups in total. The van der Waals surface area contributed by atoms with Crippen molar-refractivity contribution >= 4 is 29.0 Å². The zero-order valence-corrected chi connectivity index (χ0v) is 15.0. The average Bonchev–Trinajstić information content (AvgIpc) is 3.12. The lowest BCUT2D eigenvalue weighted by atomic mass is 10.0. The fraction of sp³-hybridized carbons (Fsp3) is 0.368. The summed E-state index contributed by atoms with van der Waals surface area (Å²) in [6.45, 7) is 3.00. The molecule has 1 amide bonds. The van der Waals surface area contributed by atoms with Crippen LogP contribution < -0.4 is 10.2 Å². The molecule has 0 unspecified atom stereocenters. The molecule has 2 aliphatic rings. The normalized spacial score (nSPS) is 18.9. The molecular formula is C19H20ClN3O3. The van der Waals surface area contributed by atoms with E-state index in [2.05, 4.69) is 15.2 Å². The van der Waals surface area contributed by atoms with Gasteiger partial charge in [-0.15, -0.1) is 0 Å². The summed E-state index contributed by atoms with van der Waals surface area (Å²) < 4.78 is 11.5. The number of ether oxygens (including phenoxy) is 2. The highest BCUT2D eigenvalue weighted by Gasteiger charge is 2.39. The number of benzene rings is 1. The Labute approximate surface area is 157 Å². The number of nitrogens with zero attached hydrogens (tertiary/aromatic N) is 2. The van der Waals surface area contributed by atoms with Gasteiger partial charge in [0.1, 0.15) is 5.82 Å². The van der Waals surface area contributed by atoms with Gasteiger partial charge in [0, 0.05) is 42.8 Å². The summed E-state index contributed by atoms with van der Waals surface area (Å²) in [5.41, 5.74) is 1.21. The molecule has 0 radical (unpaired) electrons. The van der Waals surface area contributed by atoms with Crippen LogP contribution in [-0.2, 0) is 9.47 Å². The number of carbonyl (C=O) groups excluding carboxylic acids is 1. The monoisotopic (exact) mass is 373 g/mol. The summed E-state index contributed by atoms with van der Waals surface area (Å²) in [5.74, 6) is 0.271. The van der Waals surface area contributed by atoms with Gasteiger partial charge in [0.05, 0.1) is 18.8 Å². The van der Waals surface area contributed by atoms with E-state index in [1.807, 2.05) is 6.07 Å².